The molecule has 0 bridgehead atoms. The third-order valence-corrected chi connectivity index (χ3v) is 5.64. The molecular formula is C26H33N3O. The SMILES string of the molecule is C=C/C(CN)=C(\C=C(/C)c1c(N)cccc1OCc1ccccc1)C1CCCNC1. The average molecular weight is 404 g/mol. The van der Waals surface area contributed by atoms with Crippen molar-refractivity contribution in [2.75, 3.05) is 25.4 Å². The summed E-state index contributed by atoms with van der Waals surface area (Å²) in [5, 5.41) is 3.50. The summed E-state index contributed by atoms with van der Waals surface area (Å²) in [6.45, 7) is 9.08. The largest absolute Gasteiger partial charge is 0.488 e. The van der Waals surface area contributed by atoms with Gasteiger partial charge in [0.1, 0.15) is 12.4 Å². The molecule has 2 aromatic carbocycles. The van der Waals surface area contributed by atoms with Crippen molar-refractivity contribution in [3.63, 3.8) is 0 Å². The quantitative estimate of drug-likeness (QED) is 0.441. The highest BCUT2D eigenvalue weighted by molar-refractivity contribution is 5.80. The predicted molar refractivity (Wildman–Crippen MR) is 127 cm³/mol. The second-order valence-corrected chi connectivity index (χ2v) is 7.75. The van der Waals surface area contributed by atoms with Gasteiger partial charge in [-0.05, 0) is 66.6 Å². The third kappa shape index (κ3) is 5.41. The number of nitrogen functional groups attached to an aromatic ring is 1. The Morgan fingerprint density at radius 2 is 2.00 bits per heavy atom. The van der Waals surface area contributed by atoms with E-state index in [1.54, 1.807) is 0 Å². The van der Waals surface area contributed by atoms with Crippen LogP contribution in [0.2, 0.25) is 0 Å². The van der Waals surface area contributed by atoms with Gasteiger partial charge in [0, 0.05) is 24.3 Å². The van der Waals surface area contributed by atoms with Crippen LogP contribution in [-0.4, -0.2) is 19.6 Å². The number of benzene rings is 2. The van der Waals surface area contributed by atoms with Crippen LogP contribution in [0.15, 0.2) is 78.4 Å². The molecule has 1 fully saturated rings. The Bertz CT molecular complexity index is 909. The van der Waals surface area contributed by atoms with Gasteiger partial charge in [-0.25, -0.2) is 0 Å². The van der Waals surface area contributed by atoms with Crippen LogP contribution in [0.4, 0.5) is 5.69 Å². The fraction of sp³-hybridized carbons (Fsp3) is 0.308. The van der Waals surface area contributed by atoms with E-state index in [1.165, 1.54) is 5.57 Å². The van der Waals surface area contributed by atoms with E-state index in [0.29, 0.717) is 24.8 Å². The lowest BCUT2D eigenvalue weighted by Gasteiger charge is -2.26. The Morgan fingerprint density at radius 3 is 2.67 bits per heavy atom. The van der Waals surface area contributed by atoms with Crippen LogP contribution >= 0.6 is 0 Å². The topological polar surface area (TPSA) is 73.3 Å². The summed E-state index contributed by atoms with van der Waals surface area (Å²) in [6.07, 6.45) is 6.41. The van der Waals surface area contributed by atoms with Gasteiger partial charge in [-0.2, -0.15) is 0 Å². The number of piperidine rings is 1. The minimum absolute atomic E-state index is 0.420. The predicted octanol–water partition coefficient (Wildman–Crippen LogP) is 4.69. The van der Waals surface area contributed by atoms with E-state index in [4.69, 9.17) is 16.2 Å². The Kier molecular flexibility index (Phi) is 7.89. The van der Waals surface area contributed by atoms with Gasteiger partial charge in [-0.15, -0.1) is 0 Å². The lowest BCUT2D eigenvalue weighted by Crippen LogP contribution is -2.31. The number of anilines is 1. The first-order chi connectivity index (χ1) is 14.6. The molecule has 0 aromatic heterocycles. The van der Waals surface area contributed by atoms with E-state index in [9.17, 15) is 0 Å². The smallest absolute Gasteiger partial charge is 0.129 e. The standard InChI is InChI=1S/C26H33N3O/c1-3-21(16-27)23(22-11-8-14-29-17-22)15-19(2)26-24(28)12-7-13-25(26)30-18-20-9-5-4-6-10-20/h3-7,9-10,12-13,15,22,29H,1,8,11,14,16-18,27-28H2,2H3/b19-15+,23-21-. The summed E-state index contributed by atoms with van der Waals surface area (Å²) in [4.78, 5) is 0. The number of rotatable bonds is 8. The van der Waals surface area contributed by atoms with Crippen molar-refractivity contribution in [2.24, 2.45) is 11.7 Å². The van der Waals surface area contributed by atoms with Gasteiger partial charge in [0.25, 0.3) is 0 Å². The Labute approximate surface area is 180 Å². The number of nitrogens with one attached hydrogen (secondary N) is 1. The lowest BCUT2D eigenvalue weighted by molar-refractivity contribution is 0.305. The minimum atomic E-state index is 0.420. The summed E-state index contributed by atoms with van der Waals surface area (Å²) in [5.74, 6) is 1.21. The van der Waals surface area contributed by atoms with Gasteiger partial charge in [-0.1, -0.05) is 55.1 Å². The highest BCUT2D eigenvalue weighted by Gasteiger charge is 2.20. The second kappa shape index (κ2) is 10.8. The number of hydrogen-bond donors (Lipinski definition) is 3. The van der Waals surface area contributed by atoms with Crippen LogP contribution in [0.5, 0.6) is 5.75 Å². The summed E-state index contributed by atoms with van der Waals surface area (Å²) >= 11 is 0. The van der Waals surface area contributed by atoms with Crippen LogP contribution in [0.1, 0.15) is 30.9 Å². The van der Waals surface area contributed by atoms with Gasteiger partial charge in [0.2, 0.25) is 0 Å². The third-order valence-electron chi connectivity index (χ3n) is 5.64. The van der Waals surface area contributed by atoms with Gasteiger partial charge >= 0.3 is 0 Å². The van der Waals surface area contributed by atoms with Crippen LogP contribution < -0.4 is 21.5 Å². The molecule has 1 heterocycles. The molecule has 5 N–H and O–H groups in total. The molecule has 3 rings (SSSR count). The Morgan fingerprint density at radius 1 is 1.20 bits per heavy atom. The maximum absolute atomic E-state index is 6.39. The maximum Gasteiger partial charge on any atom is 0.129 e. The van der Waals surface area contributed by atoms with Crippen LogP contribution in [0.3, 0.4) is 0 Å². The number of nitrogens with two attached hydrogens (primary N) is 2. The first-order valence-electron chi connectivity index (χ1n) is 10.6. The summed E-state index contributed by atoms with van der Waals surface area (Å²) in [6, 6.07) is 16.0. The van der Waals surface area contributed by atoms with Gasteiger partial charge in [0.15, 0.2) is 0 Å². The minimum Gasteiger partial charge on any atom is -0.488 e. The highest BCUT2D eigenvalue weighted by atomic mass is 16.5. The first-order valence-corrected chi connectivity index (χ1v) is 10.6. The zero-order valence-corrected chi connectivity index (χ0v) is 17.9. The first kappa shape index (κ1) is 21.9. The molecule has 4 heteroatoms. The summed E-state index contributed by atoms with van der Waals surface area (Å²) in [7, 11) is 0. The zero-order chi connectivity index (χ0) is 21.3. The molecule has 1 atom stereocenters. The molecule has 30 heavy (non-hydrogen) atoms. The van der Waals surface area contributed by atoms with E-state index in [-0.39, 0.29) is 0 Å². The fourth-order valence-electron chi connectivity index (χ4n) is 4.04. The van der Waals surface area contributed by atoms with E-state index in [1.807, 2.05) is 42.5 Å². The average Bonchev–Trinajstić information content (AvgIpc) is 2.79. The highest BCUT2D eigenvalue weighted by Crippen LogP contribution is 2.35. The molecule has 0 radical (unpaired) electrons. The Hall–Kier alpha value is -2.82. The van der Waals surface area contributed by atoms with E-state index in [0.717, 1.165) is 54.0 Å². The molecule has 1 aliphatic heterocycles. The van der Waals surface area contributed by atoms with Crippen molar-refractivity contribution in [3.8, 4) is 5.75 Å². The summed E-state index contributed by atoms with van der Waals surface area (Å²) in [5.41, 5.74) is 18.6. The number of hydrogen-bond acceptors (Lipinski definition) is 4. The van der Waals surface area contributed by atoms with Crippen molar-refractivity contribution in [3.05, 3.63) is 89.5 Å². The number of allylic oxidation sites excluding steroid dienone is 2. The van der Waals surface area contributed by atoms with Crippen molar-refractivity contribution in [2.45, 2.75) is 26.4 Å². The van der Waals surface area contributed by atoms with Gasteiger partial charge < -0.3 is 21.5 Å². The molecule has 158 valence electrons. The van der Waals surface area contributed by atoms with E-state index in [2.05, 4.69) is 37.0 Å². The molecule has 0 aliphatic carbocycles. The lowest BCUT2D eigenvalue weighted by atomic mass is 9.86. The van der Waals surface area contributed by atoms with Gasteiger partial charge in [-0.3, -0.25) is 0 Å². The summed E-state index contributed by atoms with van der Waals surface area (Å²) < 4.78 is 6.17. The molecule has 0 saturated carbocycles. The van der Waals surface area contributed by atoms with Crippen LogP contribution in [0.25, 0.3) is 5.57 Å². The molecule has 0 amide bonds. The molecule has 1 unspecified atom stereocenters. The fourth-order valence-corrected chi connectivity index (χ4v) is 4.04. The van der Waals surface area contributed by atoms with E-state index >= 15 is 0 Å². The normalized spacial score (nSPS) is 17.9. The molecule has 2 aromatic rings. The maximum atomic E-state index is 6.39. The van der Waals surface area contributed by atoms with Crippen LogP contribution in [-0.2, 0) is 6.61 Å². The van der Waals surface area contributed by atoms with Crippen molar-refractivity contribution in [1.82, 2.24) is 5.32 Å². The molecule has 1 saturated heterocycles. The monoisotopic (exact) mass is 403 g/mol. The van der Waals surface area contributed by atoms with Gasteiger partial charge in [0.05, 0.1) is 0 Å². The van der Waals surface area contributed by atoms with Crippen molar-refractivity contribution in [1.29, 1.82) is 0 Å². The molecular weight excluding hydrogens is 370 g/mol. The molecule has 0 spiro atoms. The zero-order valence-electron chi connectivity index (χ0n) is 17.9. The van der Waals surface area contributed by atoms with E-state index < -0.39 is 0 Å². The molecule has 1 aliphatic rings. The second-order valence-electron chi connectivity index (χ2n) is 7.75. The van der Waals surface area contributed by atoms with Crippen molar-refractivity contribution < 1.29 is 4.74 Å². The van der Waals surface area contributed by atoms with Crippen molar-refractivity contribution >= 4 is 11.3 Å². The van der Waals surface area contributed by atoms with Crippen LogP contribution in [0, 0.1) is 5.92 Å². The Balaban J connectivity index is 1.95. The number of ether oxygens (including phenoxy) is 1. The molecule has 4 nitrogen and oxygen atoms in total.